The number of benzene rings is 1. The molecule has 4 heterocycles. The Labute approximate surface area is 200 Å². The number of pyridine rings is 1. The van der Waals surface area contributed by atoms with Crippen LogP contribution in [0.5, 0.6) is 5.88 Å². The normalized spacial score (nSPS) is 20.7. The molecule has 1 amide bonds. The molecule has 0 aliphatic carbocycles. The molecule has 2 N–H and O–H groups in total. The highest BCUT2D eigenvalue weighted by Crippen LogP contribution is 2.38. The number of nitrogens with zero attached hydrogens (tertiary/aromatic N) is 4. The van der Waals surface area contributed by atoms with Gasteiger partial charge in [0.05, 0.1) is 32.5 Å². The van der Waals surface area contributed by atoms with E-state index >= 15 is 0 Å². The van der Waals surface area contributed by atoms with Crippen LogP contribution in [0.1, 0.15) is 24.1 Å². The number of anilines is 2. The predicted molar refractivity (Wildman–Crippen MR) is 125 cm³/mol. The Bertz CT molecular complexity index is 1230. The first kappa shape index (κ1) is 22.1. The second-order valence-corrected chi connectivity index (χ2v) is 8.95. The van der Waals surface area contributed by atoms with Crippen molar-refractivity contribution in [2.24, 2.45) is 0 Å². The van der Waals surface area contributed by atoms with Crippen LogP contribution >= 0.6 is 23.2 Å². The molecule has 1 aromatic carbocycles. The molecular weight excluding hydrogens is 469 g/mol. The van der Waals surface area contributed by atoms with Crippen LogP contribution < -0.4 is 15.4 Å². The van der Waals surface area contributed by atoms with Gasteiger partial charge in [0, 0.05) is 23.1 Å². The summed E-state index contributed by atoms with van der Waals surface area (Å²) < 4.78 is 16.8. The molecule has 2 aliphatic rings. The van der Waals surface area contributed by atoms with E-state index < -0.39 is 6.10 Å². The zero-order valence-corrected chi connectivity index (χ0v) is 19.7. The van der Waals surface area contributed by atoms with E-state index in [0.29, 0.717) is 65.4 Å². The minimum Gasteiger partial charge on any atom is -0.479 e. The summed E-state index contributed by atoms with van der Waals surface area (Å²) in [5, 5.41) is 1.17. The number of fused-ring (bicyclic) bond motifs is 2. The van der Waals surface area contributed by atoms with Crippen LogP contribution in [0.25, 0.3) is 11.1 Å². The van der Waals surface area contributed by atoms with Gasteiger partial charge in [0.25, 0.3) is 11.9 Å². The summed E-state index contributed by atoms with van der Waals surface area (Å²) in [5.41, 5.74) is 9.38. The Morgan fingerprint density at radius 1 is 1.30 bits per heavy atom. The largest absolute Gasteiger partial charge is 0.479 e. The number of methoxy groups -OCH3 is 1. The standard InChI is InChI=1S/C22H23Cl2N5O4/c1-11-17-12(7-13(23)8-14(17)24)3-4-29(11)21(30)16-10-28(5-6-32-16)15-9-26-20(31-2)18-19(15)33-22(25)27-18/h7-9,11,16H,3-6,10H2,1-2H3,(H2,25,27)/t11-,16+/m0/s1. The van der Waals surface area contributed by atoms with Crippen LogP contribution in [0.4, 0.5) is 11.7 Å². The van der Waals surface area contributed by atoms with Crippen molar-refractivity contribution in [1.29, 1.82) is 0 Å². The summed E-state index contributed by atoms with van der Waals surface area (Å²) >= 11 is 12.6. The van der Waals surface area contributed by atoms with Gasteiger partial charge < -0.3 is 29.4 Å². The van der Waals surface area contributed by atoms with Crippen molar-refractivity contribution < 1.29 is 18.7 Å². The van der Waals surface area contributed by atoms with Crippen LogP contribution in [0.2, 0.25) is 10.0 Å². The van der Waals surface area contributed by atoms with Gasteiger partial charge in [-0.25, -0.2) is 4.98 Å². The number of amides is 1. The predicted octanol–water partition coefficient (Wildman–Crippen LogP) is 3.47. The third-order valence-corrected chi connectivity index (χ3v) is 6.76. The van der Waals surface area contributed by atoms with E-state index in [0.717, 1.165) is 11.1 Å². The molecule has 2 aromatic heterocycles. The number of carbonyl (C=O) groups is 1. The summed E-state index contributed by atoms with van der Waals surface area (Å²) in [6.07, 6.45) is 1.68. The van der Waals surface area contributed by atoms with E-state index in [1.165, 1.54) is 7.11 Å². The van der Waals surface area contributed by atoms with Gasteiger partial charge in [-0.05, 0) is 36.6 Å². The summed E-state index contributed by atoms with van der Waals surface area (Å²) in [5.74, 6) is 0.242. The van der Waals surface area contributed by atoms with Crippen molar-refractivity contribution in [3.8, 4) is 5.88 Å². The first-order valence-corrected chi connectivity index (χ1v) is 11.4. The number of aromatic nitrogens is 2. The lowest BCUT2D eigenvalue weighted by Crippen LogP contribution is -2.53. The second kappa shape index (κ2) is 8.55. The molecule has 0 radical (unpaired) electrons. The van der Waals surface area contributed by atoms with Gasteiger partial charge in [-0.1, -0.05) is 23.2 Å². The van der Waals surface area contributed by atoms with Gasteiger partial charge in [0.15, 0.2) is 17.2 Å². The second-order valence-electron chi connectivity index (χ2n) is 8.11. The number of halogens is 2. The summed E-state index contributed by atoms with van der Waals surface area (Å²) in [6, 6.07) is 3.48. The molecule has 0 saturated carbocycles. The molecule has 5 rings (SSSR count). The van der Waals surface area contributed by atoms with E-state index in [-0.39, 0.29) is 18.0 Å². The number of nitrogen functional groups attached to an aromatic ring is 1. The first-order chi connectivity index (χ1) is 15.9. The monoisotopic (exact) mass is 491 g/mol. The molecule has 33 heavy (non-hydrogen) atoms. The highest BCUT2D eigenvalue weighted by molar-refractivity contribution is 6.35. The van der Waals surface area contributed by atoms with Crippen molar-refractivity contribution in [3.05, 3.63) is 39.5 Å². The quantitative estimate of drug-likeness (QED) is 0.593. The molecule has 1 saturated heterocycles. The lowest BCUT2D eigenvalue weighted by molar-refractivity contribution is -0.147. The van der Waals surface area contributed by atoms with E-state index in [4.69, 9.17) is 42.8 Å². The fraction of sp³-hybridized carbons (Fsp3) is 0.409. The zero-order valence-electron chi connectivity index (χ0n) is 18.2. The number of morpholine rings is 1. The highest BCUT2D eigenvalue weighted by Gasteiger charge is 2.37. The molecule has 0 unspecified atom stereocenters. The lowest BCUT2D eigenvalue weighted by Gasteiger charge is -2.40. The molecule has 11 heteroatoms. The Balaban J connectivity index is 1.40. The molecular formula is C22H23Cl2N5O4. The summed E-state index contributed by atoms with van der Waals surface area (Å²) in [6.45, 7) is 3.83. The van der Waals surface area contributed by atoms with E-state index in [2.05, 4.69) is 9.97 Å². The van der Waals surface area contributed by atoms with Gasteiger partial charge in [0.1, 0.15) is 5.69 Å². The average molecular weight is 492 g/mol. The molecule has 2 atom stereocenters. The zero-order chi connectivity index (χ0) is 23.3. The Hall–Kier alpha value is -2.75. The van der Waals surface area contributed by atoms with Crippen molar-refractivity contribution in [3.63, 3.8) is 0 Å². The van der Waals surface area contributed by atoms with Gasteiger partial charge in [-0.3, -0.25) is 4.79 Å². The molecule has 1 fully saturated rings. The third-order valence-electron chi connectivity index (χ3n) is 6.23. The number of hydrogen-bond acceptors (Lipinski definition) is 8. The number of nitrogens with two attached hydrogens (primary N) is 1. The average Bonchev–Trinajstić information content (AvgIpc) is 3.19. The number of rotatable bonds is 3. The van der Waals surface area contributed by atoms with Gasteiger partial charge in [-0.15, -0.1) is 0 Å². The Kier molecular flexibility index (Phi) is 5.72. The maximum absolute atomic E-state index is 13.5. The molecule has 3 aromatic rings. The maximum Gasteiger partial charge on any atom is 0.293 e. The lowest BCUT2D eigenvalue weighted by atomic mass is 9.93. The molecule has 9 nitrogen and oxygen atoms in total. The van der Waals surface area contributed by atoms with E-state index in [9.17, 15) is 4.79 Å². The number of hydrogen-bond donors (Lipinski definition) is 1. The minimum atomic E-state index is -0.647. The van der Waals surface area contributed by atoms with E-state index in [1.807, 2.05) is 22.8 Å². The SMILES string of the molecule is COc1ncc(N2CCO[C@@H](C(=O)N3CCc4cc(Cl)cc(Cl)c4[C@@H]3C)C2)c2oc(N)nc12. The van der Waals surface area contributed by atoms with Crippen molar-refractivity contribution in [2.45, 2.75) is 25.5 Å². The Morgan fingerprint density at radius 3 is 2.91 bits per heavy atom. The van der Waals surface area contributed by atoms with Gasteiger partial charge >= 0.3 is 0 Å². The number of oxazole rings is 1. The van der Waals surface area contributed by atoms with Crippen LogP contribution in [-0.4, -0.2) is 60.2 Å². The van der Waals surface area contributed by atoms with Crippen LogP contribution in [-0.2, 0) is 16.0 Å². The molecule has 174 valence electrons. The van der Waals surface area contributed by atoms with Crippen LogP contribution in [0, 0.1) is 0 Å². The third kappa shape index (κ3) is 3.84. The molecule has 0 spiro atoms. The molecule has 2 aliphatic heterocycles. The topological polar surface area (TPSA) is 107 Å². The first-order valence-electron chi connectivity index (χ1n) is 10.6. The smallest absolute Gasteiger partial charge is 0.293 e. The maximum atomic E-state index is 13.5. The van der Waals surface area contributed by atoms with Crippen molar-refractivity contribution in [1.82, 2.24) is 14.9 Å². The van der Waals surface area contributed by atoms with Crippen molar-refractivity contribution in [2.75, 3.05) is 44.0 Å². The number of ether oxygens (including phenoxy) is 2. The van der Waals surface area contributed by atoms with Gasteiger partial charge in [-0.2, -0.15) is 4.98 Å². The molecule has 0 bridgehead atoms. The van der Waals surface area contributed by atoms with Crippen molar-refractivity contribution >= 4 is 51.9 Å². The Morgan fingerprint density at radius 2 is 2.12 bits per heavy atom. The van der Waals surface area contributed by atoms with Gasteiger partial charge in [0.2, 0.25) is 5.88 Å². The van der Waals surface area contributed by atoms with Crippen LogP contribution in [0.15, 0.2) is 22.7 Å². The minimum absolute atomic E-state index is 0.0243. The highest BCUT2D eigenvalue weighted by atomic mass is 35.5. The fourth-order valence-electron chi connectivity index (χ4n) is 4.68. The fourth-order valence-corrected chi connectivity index (χ4v) is 5.37. The summed E-state index contributed by atoms with van der Waals surface area (Å²) in [4.78, 5) is 25.8. The number of carbonyl (C=O) groups excluding carboxylic acids is 1. The summed E-state index contributed by atoms with van der Waals surface area (Å²) in [7, 11) is 1.51. The van der Waals surface area contributed by atoms with E-state index in [1.54, 1.807) is 12.3 Å². The van der Waals surface area contributed by atoms with Crippen LogP contribution in [0.3, 0.4) is 0 Å².